The molecule has 0 amide bonds. The van der Waals surface area contributed by atoms with Crippen molar-refractivity contribution in [3.8, 4) is 0 Å². The molecule has 0 aromatic rings. The molecular formula is C20H40N4O2. The maximum absolute atomic E-state index is 5.77. The lowest BCUT2D eigenvalue weighted by atomic mass is 10.0. The lowest BCUT2D eigenvalue weighted by Crippen LogP contribution is -2.42. The molecule has 0 aromatic carbocycles. The van der Waals surface area contributed by atoms with Crippen molar-refractivity contribution in [1.82, 2.24) is 15.5 Å². The molecule has 0 radical (unpaired) electrons. The molecule has 152 valence electrons. The van der Waals surface area contributed by atoms with E-state index in [0.29, 0.717) is 17.9 Å². The molecule has 0 aliphatic carbocycles. The average Bonchev–Trinajstić information content (AvgIpc) is 3.31. The van der Waals surface area contributed by atoms with Crippen LogP contribution >= 0.6 is 0 Å². The highest BCUT2D eigenvalue weighted by Gasteiger charge is 2.24. The quantitative estimate of drug-likeness (QED) is 0.332. The number of aliphatic imine (C=N–C) groups is 1. The molecular weight excluding hydrogens is 328 g/mol. The highest BCUT2D eigenvalue weighted by molar-refractivity contribution is 5.79. The number of ether oxygens (including phenoxy) is 2. The number of hydrogen-bond donors (Lipinski definition) is 2. The fourth-order valence-electron chi connectivity index (χ4n) is 3.69. The summed E-state index contributed by atoms with van der Waals surface area (Å²) < 4.78 is 11.1. The normalized spacial score (nSPS) is 22.9. The summed E-state index contributed by atoms with van der Waals surface area (Å²) in [5, 5.41) is 6.82. The first-order valence-corrected chi connectivity index (χ1v) is 10.6. The fourth-order valence-corrected chi connectivity index (χ4v) is 3.69. The summed E-state index contributed by atoms with van der Waals surface area (Å²) in [6, 6.07) is 0.546. The van der Waals surface area contributed by atoms with Crippen molar-refractivity contribution in [2.24, 2.45) is 16.8 Å². The van der Waals surface area contributed by atoms with Gasteiger partial charge in [-0.2, -0.15) is 0 Å². The summed E-state index contributed by atoms with van der Waals surface area (Å²) in [7, 11) is 0. The maximum atomic E-state index is 5.77. The van der Waals surface area contributed by atoms with Crippen LogP contribution in [0.4, 0.5) is 0 Å². The van der Waals surface area contributed by atoms with Crippen molar-refractivity contribution >= 4 is 5.96 Å². The van der Waals surface area contributed by atoms with Gasteiger partial charge in [0.2, 0.25) is 0 Å². The fraction of sp³-hybridized carbons (Fsp3) is 0.950. The zero-order valence-electron chi connectivity index (χ0n) is 17.1. The molecule has 2 saturated heterocycles. The van der Waals surface area contributed by atoms with E-state index in [0.717, 1.165) is 64.9 Å². The van der Waals surface area contributed by atoms with Crippen LogP contribution in [0.15, 0.2) is 4.99 Å². The minimum Gasteiger partial charge on any atom is -0.381 e. The van der Waals surface area contributed by atoms with Crippen LogP contribution in [0.1, 0.15) is 46.5 Å². The van der Waals surface area contributed by atoms with Crippen LogP contribution in [-0.2, 0) is 9.47 Å². The molecule has 2 aliphatic heterocycles. The minimum absolute atomic E-state index is 0.546. The zero-order valence-corrected chi connectivity index (χ0v) is 17.1. The third kappa shape index (κ3) is 7.80. The van der Waals surface area contributed by atoms with Gasteiger partial charge in [-0.25, -0.2) is 0 Å². The predicted molar refractivity (Wildman–Crippen MR) is 108 cm³/mol. The van der Waals surface area contributed by atoms with Crippen molar-refractivity contribution in [2.75, 3.05) is 59.2 Å². The van der Waals surface area contributed by atoms with Crippen molar-refractivity contribution in [3.05, 3.63) is 0 Å². The van der Waals surface area contributed by atoms with Gasteiger partial charge in [-0.05, 0) is 51.6 Å². The number of likely N-dealkylation sites (tertiary alicyclic amines) is 1. The van der Waals surface area contributed by atoms with Crippen molar-refractivity contribution in [3.63, 3.8) is 0 Å². The summed E-state index contributed by atoms with van der Waals surface area (Å²) in [5.41, 5.74) is 0. The molecule has 0 bridgehead atoms. The van der Waals surface area contributed by atoms with Crippen LogP contribution in [0.2, 0.25) is 0 Å². The number of nitrogens with zero attached hydrogens (tertiary/aromatic N) is 2. The van der Waals surface area contributed by atoms with Gasteiger partial charge in [-0.1, -0.05) is 13.8 Å². The molecule has 2 heterocycles. The number of nitrogens with one attached hydrogen (secondary N) is 2. The SMILES string of the molecule is CCNC(=NCC(C(C)C)N1CCCC1)NCCCOCC1CCOC1. The van der Waals surface area contributed by atoms with Crippen molar-refractivity contribution in [2.45, 2.75) is 52.5 Å². The molecule has 26 heavy (non-hydrogen) atoms. The second-order valence-corrected chi connectivity index (χ2v) is 7.86. The molecule has 2 rings (SSSR count). The number of guanidine groups is 1. The molecule has 2 aliphatic rings. The lowest BCUT2D eigenvalue weighted by Gasteiger charge is -2.29. The second kappa shape index (κ2) is 12.5. The molecule has 2 N–H and O–H groups in total. The van der Waals surface area contributed by atoms with E-state index in [1.165, 1.54) is 25.9 Å². The van der Waals surface area contributed by atoms with Crippen LogP contribution in [0.25, 0.3) is 0 Å². The predicted octanol–water partition coefficient (Wildman–Crippen LogP) is 2.11. The van der Waals surface area contributed by atoms with E-state index in [-0.39, 0.29) is 0 Å². The van der Waals surface area contributed by atoms with Crippen LogP contribution in [-0.4, -0.2) is 76.1 Å². The summed E-state index contributed by atoms with van der Waals surface area (Å²) in [4.78, 5) is 7.47. The molecule has 2 atom stereocenters. The largest absolute Gasteiger partial charge is 0.381 e. The Balaban J connectivity index is 1.65. The van der Waals surface area contributed by atoms with E-state index < -0.39 is 0 Å². The third-order valence-electron chi connectivity index (χ3n) is 5.30. The first-order chi connectivity index (χ1) is 12.7. The van der Waals surface area contributed by atoms with Gasteiger partial charge in [0.05, 0.1) is 19.8 Å². The highest BCUT2D eigenvalue weighted by atomic mass is 16.5. The topological polar surface area (TPSA) is 58.1 Å². The van der Waals surface area contributed by atoms with Gasteiger partial charge in [0.15, 0.2) is 5.96 Å². The van der Waals surface area contributed by atoms with E-state index in [4.69, 9.17) is 14.5 Å². The Morgan fingerprint density at radius 2 is 2.08 bits per heavy atom. The van der Waals surface area contributed by atoms with E-state index in [1.54, 1.807) is 0 Å². The van der Waals surface area contributed by atoms with Crippen LogP contribution in [0, 0.1) is 11.8 Å². The van der Waals surface area contributed by atoms with Gasteiger partial charge in [-0.15, -0.1) is 0 Å². The average molecular weight is 369 g/mol. The number of hydrogen-bond acceptors (Lipinski definition) is 4. The Morgan fingerprint density at radius 1 is 1.27 bits per heavy atom. The Bertz CT molecular complexity index is 391. The molecule has 0 spiro atoms. The third-order valence-corrected chi connectivity index (χ3v) is 5.30. The molecule has 6 nitrogen and oxygen atoms in total. The summed E-state index contributed by atoms with van der Waals surface area (Å²) in [5.74, 6) is 2.16. The van der Waals surface area contributed by atoms with E-state index >= 15 is 0 Å². The Hall–Kier alpha value is -0.850. The summed E-state index contributed by atoms with van der Waals surface area (Å²) >= 11 is 0. The highest BCUT2D eigenvalue weighted by Crippen LogP contribution is 2.18. The van der Waals surface area contributed by atoms with E-state index in [2.05, 4.69) is 36.3 Å². The molecule has 2 unspecified atom stereocenters. The van der Waals surface area contributed by atoms with Gasteiger partial charge < -0.3 is 20.1 Å². The van der Waals surface area contributed by atoms with Crippen molar-refractivity contribution in [1.29, 1.82) is 0 Å². The van der Waals surface area contributed by atoms with Gasteiger partial charge >= 0.3 is 0 Å². The first kappa shape index (κ1) is 21.5. The monoisotopic (exact) mass is 368 g/mol. The van der Waals surface area contributed by atoms with Gasteiger partial charge in [0.25, 0.3) is 0 Å². The van der Waals surface area contributed by atoms with Crippen LogP contribution < -0.4 is 10.6 Å². The Kier molecular flexibility index (Phi) is 10.3. The van der Waals surface area contributed by atoms with Gasteiger partial charge in [0.1, 0.15) is 0 Å². The number of rotatable bonds is 11. The molecule has 0 saturated carbocycles. The molecule has 0 aromatic heterocycles. The molecule has 6 heteroatoms. The van der Waals surface area contributed by atoms with Crippen LogP contribution in [0.3, 0.4) is 0 Å². The smallest absolute Gasteiger partial charge is 0.191 e. The van der Waals surface area contributed by atoms with Crippen LogP contribution in [0.5, 0.6) is 0 Å². The first-order valence-electron chi connectivity index (χ1n) is 10.6. The maximum Gasteiger partial charge on any atom is 0.191 e. The zero-order chi connectivity index (χ0) is 18.6. The second-order valence-electron chi connectivity index (χ2n) is 7.86. The summed E-state index contributed by atoms with van der Waals surface area (Å²) in [6.45, 7) is 15.2. The Morgan fingerprint density at radius 3 is 2.73 bits per heavy atom. The van der Waals surface area contributed by atoms with E-state index in [9.17, 15) is 0 Å². The standard InChI is InChI=1S/C20H40N4O2/c1-4-21-20(22-9-7-12-25-15-18-8-13-26-16-18)23-14-19(17(2)3)24-10-5-6-11-24/h17-19H,4-16H2,1-3H3,(H2,21,22,23). The lowest BCUT2D eigenvalue weighted by molar-refractivity contribution is 0.0888. The van der Waals surface area contributed by atoms with Crippen molar-refractivity contribution < 1.29 is 9.47 Å². The Labute approximate surface area is 160 Å². The molecule has 2 fully saturated rings. The van der Waals surface area contributed by atoms with Gasteiger partial charge in [0, 0.05) is 38.3 Å². The minimum atomic E-state index is 0.546. The van der Waals surface area contributed by atoms with Gasteiger partial charge in [-0.3, -0.25) is 9.89 Å². The summed E-state index contributed by atoms with van der Waals surface area (Å²) in [6.07, 6.45) is 4.80. The van der Waals surface area contributed by atoms with E-state index in [1.807, 2.05) is 0 Å².